The summed E-state index contributed by atoms with van der Waals surface area (Å²) in [4.78, 5) is 46.2. The van der Waals surface area contributed by atoms with Gasteiger partial charge in [0.15, 0.2) is 0 Å². The molecule has 8 N–H and O–H groups in total. The molecule has 0 fully saturated rings. The number of aliphatic carboxylic acids is 1. The Kier molecular flexibility index (Phi) is 27.6. The van der Waals surface area contributed by atoms with Crippen molar-refractivity contribution in [1.82, 2.24) is 10.6 Å². The second-order valence-electron chi connectivity index (χ2n) is 11.7. The second-order valence-corrected chi connectivity index (χ2v) is 11.7. The zero-order valence-corrected chi connectivity index (χ0v) is 26.2. The molecule has 2 amide bonds. The molecule has 0 radical (unpaired) electrons. The lowest BCUT2D eigenvalue weighted by Crippen LogP contribution is -2.46. The van der Waals surface area contributed by atoms with Crippen LogP contribution in [0, 0.1) is 5.92 Å². The van der Waals surface area contributed by atoms with Crippen molar-refractivity contribution in [3.63, 3.8) is 0 Å². The number of carbonyl (C=O) groups excluding carboxylic acids is 3. The van der Waals surface area contributed by atoms with Crippen molar-refractivity contribution in [1.29, 1.82) is 0 Å². The Hall–Kier alpha value is -2.04. The van der Waals surface area contributed by atoms with Crippen LogP contribution in [0.4, 0.5) is 0 Å². The molecule has 42 heavy (non-hydrogen) atoms. The third-order valence-electron chi connectivity index (χ3n) is 7.87. The molecule has 0 aromatic heterocycles. The average Bonchev–Trinajstić information content (AvgIpc) is 2.95. The number of primary amides is 1. The molecule has 0 saturated heterocycles. The van der Waals surface area contributed by atoms with Crippen molar-refractivity contribution < 1.29 is 29.4 Å². The Labute approximate surface area is 254 Å². The van der Waals surface area contributed by atoms with Crippen LogP contribution in [0.25, 0.3) is 0 Å². The molecule has 0 bridgehead atoms. The van der Waals surface area contributed by atoms with Gasteiger partial charge in [-0.1, -0.05) is 96.3 Å². The van der Waals surface area contributed by atoms with Crippen molar-refractivity contribution in [2.75, 3.05) is 26.2 Å². The second kappa shape index (κ2) is 29.1. The molecule has 0 aromatic carbocycles. The molecule has 0 aliphatic carbocycles. The number of carboxylic acids is 1. The molecule has 0 heterocycles. The molecule has 246 valence electrons. The summed E-state index contributed by atoms with van der Waals surface area (Å²) in [5.74, 6) is -1.54. The van der Waals surface area contributed by atoms with E-state index in [0.29, 0.717) is 38.8 Å². The highest BCUT2D eigenvalue weighted by molar-refractivity contribution is 5.85. The number of rotatable bonds is 32. The summed E-state index contributed by atoms with van der Waals surface area (Å²) in [5.41, 5.74) is 10.8. The summed E-state index contributed by atoms with van der Waals surface area (Å²) < 4.78 is 0. The van der Waals surface area contributed by atoms with Gasteiger partial charge in [0.1, 0.15) is 11.8 Å². The third-order valence-corrected chi connectivity index (χ3v) is 7.87. The molecule has 2 atom stereocenters. The van der Waals surface area contributed by atoms with E-state index in [0.717, 1.165) is 44.9 Å². The average molecular weight is 599 g/mol. The molecule has 0 aliphatic heterocycles. The van der Waals surface area contributed by atoms with Gasteiger partial charge in [0, 0.05) is 25.3 Å². The molecule has 0 aliphatic rings. The van der Waals surface area contributed by atoms with E-state index >= 15 is 0 Å². The van der Waals surface area contributed by atoms with E-state index in [4.69, 9.17) is 21.7 Å². The molecular formula is C32H62N4O6. The maximum absolute atomic E-state index is 12.5. The number of Topliss-reactive ketones (excluding diaryl/α,β-unsaturated/α-hetero) is 1. The molecule has 0 aromatic rings. The van der Waals surface area contributed by atoms with E-state index in [1.54, 1.807) is 0 Å². The minimum absolute atomic E-state index is 0.0304. The number of hydrogen-bond acceptors (Lipinski definition) is 7. The van der Waals surface area contributed by atoms with Crippen molar-refractivity contribution in [2.45, 2.75) is 147 Å². The van der Waals surface area contributed by atoms with Gasteiger partial charge in [0.25, 0.3) is 0 Å². The Bertz CT molecular complexity index is 706. The number of amides is 2. The summed E-state index contributed by atoms with van der Waals surface area (Å²) in [5, 5.41) is 23.4. The fourth-order valence-corrected chi connectivity index (χ4v) is 5.16. The fourth-order valence-electron chi connectivity index (χ4n) is 5.16. The Morgan fingerprint density at radius 3 is 1.55 bits per heavy atom. The number of hydrogen-bond donors (Lipinski definition) is 6. The molecule has 10 heteroatoms. The summed E-state index contributed by atoms with van der Waals surface area (Å²) in [7, 11) is 0. The highest BCUT2D eigenvalue weighted by Gasteiger charge is 2.20. The normalized spacial score (nSPS) is 12.6. The summed E-state index contributed by atoms with van der Waals surface area (Å²) >= 11 is 0. The van der Waals surface area contributed by atoms with Gasteiger partial charge in [-0.15, -0.1) is 0 Å². The number of carbonyl (C=O) groups is 4. The SMILES string of the molecule is NCC[C@H](CCCCNC(=O)CCCCCCCCCCCCCCCCCCC(=O)O)C(=O)CN[C@@H](CO)C(N)=O. The first-order valence-corrected chi connectivity index (χ1v) is 16.7. The summed E-state index contributed by atoms with van der Waals surface area (Å²) in [6, 6.07) is -0.930. The zero-order chi connectivity index (χ0) is 31.3. The molecule has 0 unspecified atom stereocenters. The Morgan fingerprint density at radius 2 is 1.12 bits per heavy atom. The standard InChI is InChI=1S/C32H62N4O6/c33-23-22-27(29(38)25-36-28(26-37)32(34)42)19-17-18-24-35-30(39)20-15-13-11-9-7-5-3-1-2-4-6-8-10-12-14-16-21-31(40)41/h27-28,36-37H,1-26,33H2,(H2,34,42)(H,35,39)(H,40,41)/t27-,28-/m0/s1. The molecule has 0 spiro atoms. The van der Waals surface area contributed by atoms with Crippen molar-refractivity contribution in [3.8, 4) is 0 Å². The van der Waals surface area contributed by atoms with Gasteiger partial charge in [0.2, 0.25) is 11.8 Å². The number of carboxylic acid groups (broad SMARTS) is 1. The van der Waals surface area contributed by atoms with Gasteiger partial charge in [-0.2, -0.15) is 0 Å². The maximum atomic E-state index is 12.5. The van der Waals surface area contributed by atoms with Crippen LogP contribution in [0.2, 0.25) is 0 Å². The minimum atomic E-state index is -0.930. The van der Waals surface area contributed by atoms with Gasteiger partial charge in [0.05, 0.1) is 13.2 Å². The van der Waals surface area contributed by atoms with Crippen molar-refractivity contribution >= 4 is 23.6 Å². The quantitative estimate of drug-likeness (QED) is 0.0617. The van der Waals surface area contributed by atoms with E-state index in [1.165, 1.54) is 70.6 Å². The van der Waals surface area contributed by atoms with Crippen LogP contribution < -0.4 is 22.1 Å². The largest absolute Gasteiger partial charge is 0.481 e. The lowest BCUT2D eigenvalue weighted by atomic mass is 9.93. The van der Waals surface area contributed by atoms with Crippen LogP contribution in [0.3, 0.4) is 0 Å². The van der Waals surface area contributed by atoms with Crippen LogP contribution in [-0.4, -0.2) is 66.1 Å². The monoisotopic (exact) mass is 598 g/mol. The van der Waals surface area contributed by atoms with Gasteiger partial charge in [-0.3, -0.25) is 24.5 Å². The van der Waals surface area contributed by atoms with E-state index in [9.17, 15) is 19.2 Å². The van der Waals surface area contributed by atoms with E-state index in [1.807, 2.05) is 0 Å². The summed E-state index contributed by atoms with van der Waals surface area (Å²) in [6.07, 6.45) is 22.8. The number of ketones is 1. The Morgan fingerprint density at radius 1 is 0.643 bits per heavy atom. The molecule has 0 rings (SSSR count). The van der Waals surface area contributed by atoms with Crippen molar-refractivity contribution in [2.24, 2.45) is 17.4 Å². The number of aliphatic hydroxyl groups is 1. The van der Waals surface area contributed by atoms with Crippen LogP contribution in [0.15, 0.2) is 0 Å². The van der Waals surface area contributed by atoms with Crippen LogP contribution in [0.1, 0.15) is 141 Å². The van der Waals surface area contributed by atoms with Crippen LogP contribution in [-0.2, 0) is 19.2 Å². The molecule has 0 saturated carbocycles. The smallest absolute Gasteiger partial charge is 0.303 e. The number of nitrogens with one attached hydrogen (secondary N) is 2. The highest BCUT2D eigenvalue weighted by Crippen LogP contribution is 2.15. The number of nitrogens with two attached hydrogens (primary N) is 2. The predicted molar refractivity (Wildman–Crippen MR) is 168 cm³/mol. The predicted octanol–water partition coefficient (Wildman–Crippen LogP) is 4.35. The zero-order valence-electron chi connectivity index (χ0n) is 26.2. The first kappa shape index (κ1) is 40.0. The topological polar surface area (TPSA) is 185 Å². The fraction of sp³-hybridized carbons (Fsp3) is 0.875. The van der Waals surface area contributed by atoms with Gasteiger partial charge in [-0.25, -0.2) is 0 Å². The third kappa shape index (κ3) is 25.7. The molecule has 10 nitrogen and oxygen atoms in total. The van der Waals surface area contributed by atoms with Gasteiger partial charge in [-0.05, 0) is 38.6 Å². The number of unbranched alkanes of at least 4 members (excludes halogenated alkanes) is 16. The maximum Gasteiger partial charge on any atom is 0.303 e. The van der Waals surface area contributed by atoms with E-state index in [2.05, 4.69) is 10.6 Å². The minimum Gasteiger partial charge on any atom is -0.481 e. The number of aliphatic hydroxyl groups excluding tert-OH is 1. The first-order chi connectivity index (χ1) is 20.3. The van der Waals surface area contributed by atoms with Crippen LogP contribution >= 0.6 is 0 Å². The van der Waals surface area contributed by atoms with E-state index in [-0.39, 0.29) is 24.2 Å². The molecular weight excluding hydrogens is 536 g/mol. The van der Waals surface area contributed by atoms with Crippen LogP contribution in [0.5, 0.6) is 0 Å². The van der Waals surface area contributed by atoms with Crippen molar-refractivity contribution in [3.05, 3.63) is 0 Å². The Balaban J connectivity index is 3.56. The first-order valence-electron chi connectivity index (χ1n) is 16.7. The summed E-state index contributed by atoms with van der Waals surface area (Å²) in [6.45, 7) is 0.517. The van der Waals surface area contributed by atoms with E-state index < -0.39 is 24.5 Å². The lowest BCUT2D eigenvalue weighted by molar-refractivity contribution is -0.137. The van der Waals surface area contributed by atoms with Gasteiger partial charge < -0.3 is 27.0 Å². The highest BCUT2D eigenvalue weighted by atomic mass is 16.4. The lowest BCUT2D eigenvalue weighted by Gasteiger charge is -2.17. The van der Waals surface area contributed by atoms with Gasteiger partial charge >= 0.3 is 5.97 Å².